The molecular weight excluding hydrogens is 732 g/mol. The molecule has 3 fully saturated rings. The molecule has 3 aliphatic rings. The normalized spacial score (nSPS) is 20.8. The molecule has 16 nitrogen and oxygen atoms in total. The summed E-state index contributed by atoms with van der Waals surface area (Å²) in [7, 11) is 1.72. The highest BCUT2D eigenvalue weighted by molar-refractivity contribution is 6.00. The molecule has 310 valence electrons. The molecule has 1 aliphatic carbocycles. The quantitative estimate of drug-likeness (QED) is 0.0713. The zero-order valence-electron chi connectivity index (χ0n) is 33.1. The molecule has 1 atom stereocenters. The third-order valence-corrected chi connectivity index (χ3v) is 11.5. The van der Waals surface area contributed by atoms with Crippen molar-refractivity contribution >= 4 is 39.7 Å². The molecule has 7 rings (SSSR count). The predicted octanol–water partition coefficient (Wildman–Crippen LogP) is 3.49. The number of hydrogen-bond donors (Lipinski definition) is 4. The molecule has 2 aliphatic heterocycles. The number of H-pyrrole nitrogens is 1. The van der Waals surface area contributed by atoms with E-state index < -0.39 is 11.9 Å². The maximum atomic E-state index is 13.1. The summed E-state index contributed by atoms with van der Waals surface area (Å²) in [6, 6.07) is 5.95. The van der Waals surface area contributed by atoms with Gasteiger partial charge in [0.2, 0.25) is 11.8 Å². The number of rotatable bonds is 21. The van der Waals surface area contributed by atoms with E-state index in [1.54, 1.807) is 17.9 Å². The standard InChI is InChI=1S/C41H58N8O8/c1-48-37-29(4-2-6-33(37)49(41(48)52)34-11-12-35(50)47-40(34)51)5-3-16-53-20-22-56-24-25-57-23-21-55-19-15-42-30-7-9-31(10-8-30)46-39-36-32(28-13-17-54-18-14-28)26-43-38(36)44-27-45-39/h2,4,6,26-28,30-31,34,42H,3,5,7-25H2,1H3,(H,47,50,51)(H2,43,44,45,46)/t30-,31-,34?. The van der Waals surface area contributed by atoms with Crippen molar-refractivity contribution in [3.05, 3.63) is 52.3 Å². The number of carbonyl (C=O) groups excluding carboxylic acids is 2. The summed E-state index contributed by atoms with van der Waals surface area (Å²) in [5.41, 5.74) is 4.47. The van der Waals surface area contributed by atoms with Crippen molar-refractivity contribution in [3.63, 3.8) is 0 Å². The van der Waals surface area contributed by atoms with Crippen LogP contribution in [0.5, 0.6) is 0 Å². The number of nitrogens with one attached hydrogen (secondary N) is 4. The summed E-state index contributed by atoms with van der Waals surface area (Å²) in [6.07, 6.45) is 12.3. The van der Waals surface area contributed by atoms with E-state index in [0.717, 1.165) is 99.1 Å². The topological polar surface area (TPSA) is 185 Å². The number of ether oxygens (including phenoxy) is 5. The first kappa shape index (κ1) is 41.0. The summed E-state index contributed by atoms with van der Waals surface area (Å²) in [5.74, 6) is 0.695. The fraction of sp³-hybridized carbons (Fsp3) is 0.634. The number of hydrogen-bond acceptors (Lipinski definition) is 12. The number of nitrogens with zero attached hydrogens (tertiary/aromatic N) is 4. The molecule has 0 radical (unpaired) electrons. The minimum atomic E-state index is -0.694. The molecule has 4 aromatic rings. The molecule has 2 saturated heterocycles. The van der Waals surface area contributed by atoms with Crippen molar-refractivity contribution in [2.45, 2.75) is 88.3 Å². The van der Waals surface area contributed by atoms with Crippen LogP contribution >= 0.6 is 0 Å². The number of aryl methyl sites for hydroxylation is 2. The molecule has 57 heavy (non-hydrogen) atoms. The van der Waals surface area contributed by atoms with Gasteiger partial charge in [-0.25, -0.2) is 14.8 Å². The number of amides is 2. The van der Waals surface area contributed by atoms with Gasteiger partial charge in [0, 0.05) is 58.1 Å². The molecule has 2 amide bonds. The lowest BCUT2D eigenvalue weighted by Gasteiger charge is -2.30. The molecule has 4 N–H and O–H groups in total. The van der Waals surface area contributed by atoms with Gasteiger partial charge in [0.25, 0.3) is 0 Å². The third kappa shape index (κ3) is 10.5. The van der Waals surface area contributed by atoms with Crippen molar-refractivity contribution < 1.29 is 33.3 Å². The average Bonchev–Trinajstić information content (AvgIpc) is 3.78. The second-order valence-corrected chi connectivity index (χ2v) is 15.2. The second-order valence-electron chi connectivity index (χ2n) is 15.2. The Balaban J connectivity index is 0.684. The lowest BCUT2D eigenvalue weighted by molar-refractivity contribution is -0.135. The van der Waals surface area contributed by atoms with Crippen molar-refractivity contribution in [1.29, 1.82) is 0 Å². The SMILES string of the molecule is Cn1c(=O)n(C2CCC(=O)NC2=O)c2cccc(CCCOCCOCCOCCOCCN[C@H]3CC[C@H](Nc4ncnc5[nH]cc(C6CCOCC6)c45)CC3)c21. The van der Waals surface area contributed by atoms with Gasteiger partial charge in [-0.3, -0.25) is 24.0 Å². The summed E-state index contributed by atoms with van der Waals surface area (Å²) in [5, 5.41) is 10.9. The van der Waals surface area contributed by atoms with Crippen LogP contribution in [0.1, 0.15) is 80.9 Å². The Bertz CT molecular complexity index is 1980. The summed E-state index contributed by atoms with van der Waals surface area (Å²) in [4.78, 5) is 49.8. The van der Waals surface area contributed by atoms with Crippen LogP contribution < -0.4 is 21.6 Å². The lowest BCUT2D eigenvalue weighted by atomic mass is 9.90. The van der Waals surface area contributed by atoms with Gasteiger partial charge in [0.1, 0.15) is 23.8 Å². The third-order valence-electron chi connectivity index (χ3n) is 11.5. The van der Waals surface area contributed by atoms with Crippen molar-refractivity contribution in [1.82, 2.24) is 34.7 Å². The summed E-state index contributed by atoms with van der Waals surface area (Å²) in [6.45, 7) is 6.69. The van der Waals surface area contributed by atoms with E-state index >= 15 is 0 Å². The first-order valence-corrected chi connectivity index (χ1v) is 20.7. The number of piperidine rings is 1. The van der Waals surface area contributed by atoms with E-state index in [4.69, 9.17) is 23.7 Å². The van der Waals surface area contributed by atoms with E-state index in [1.165, 1.54) is 10.1 Å². The molecule has 1 saturated carbocycles. The Morgan fingerprint density at radius 2 is 1.54 bits per heavy atom. The number of imidazole rings is 1. The second kappa shape index (κ2) is 20.5. The van der Waals surface area contributed by atoms with Gasteiger partial charge in [0.05, 0.1) is 62.7 Å². The van der Waals surface area contributed by atoms with E-state index in [9.17, 15) is 14.4 Å². The summed E-state index contributed by atoms with van der Waals surface area (Å²) >= 11 is 0. The summed E-state index contributed by atoms with van der Waals surface area (Å²) < 4.78 is 31.5. The molecule has 0 bridgehead atoms. The van der Waals surface area contributed by atoms with Crippen LogP contribution in [0.15, 0.2) is 35.5 Å². The van der Waals surface area contributed by atoms with Crippen LogP contribution in [0.25, 0.3) is 22.1 Å². The van der Waals surface area contributed by atoms with Gasteiger partial charge in [-0.15, -0.1) is 0 Å². The molecule has 3 aromatic heterocycles. The molecular formula is C41H58N8O8. The van der Waals surface area contributed by atoms with Gasteiger partial charge in [-0.05, 0) is 80.9 Å². The van der Waals surface area contributed by atoms with Crippen molar-refractivity contribution in [2.75, 3.05) is 77.9 Å². The highest BCUT2D eigenvalue weighted by Crippen LogP contribution is 2.35. The molecule has 5 heterocycles. The lowest BCUT2D eigenvalue weighted by Crippen LogP contribution is -2.44. The number of fused-ring (bicyclic) bond motifs is 2. The smallest absolute Gasteiger partial charge is 0.329 e. The number of anilines is 1. The van der Waals surface area contributed by atoms with E-state index in [-0.39, 0.29) is 18.0 Å². The first-order valence-electron chi connectivity index (χ1n) is 20.7. The number of benzene rings is 1. The van der Waals surface area contributed by atoms with Crippen LogP contribution in [0.3, 0.4) is 0 Å². The van der Waals surface area contributed by atoms with Gasteiger partial charge in [-0.1, -0.05) is 12.1 Å². The minimum Gasteiger partial charge on any atom is -0.381 e. The molecule has 0 spiro atoms. The van der Waals surface area contributed by atoms with Gasteiger partial charge in [-0.2, -0.15) is 0 Å². The molecule has 1 aromatic carbocycles. The average molecular weight is 791 g/mol. The molecule has 1 unspecified atom stereocenters. The van der Waals surface area contributed by atoms with Crippen molar-refractivity contribution in [2.24, 2.45) is 7.05 Å². The predicted molar refractivity (Wildman–Crippen MR) is 215 cm³/mol. The monoisotopic (exact) mass is 790 g/mol. The van der Waals surface area contributed by atoms with E-state index in [2.05, 4.69) is 37.1 Å². The maximum Gasteiger partial charge on any atom is 0.329 e. The fourth-order valence-corrected chi connectivity index (χ4v) is 8.47. The Morgan fingerprint density at radius 3 is 2.28 bits per heavy atom. The number of para-hydroxylation sites is 1. The highest BCUT2D eigenvalue weighted by Gasteiger charge is 2.32. The number of imide groups is 1. The van der Waals surface area contributed by atoms with Crippen molar-refractivity contribution in [3.8, 4) is 0 Å². The molecule has 16 heteroatoms. The zero-order valence-corrected chi connectivity index (χ0v) is 33.1. The maximum absolute atomic E-state index is 13.1. The first-order chi connectivity index (χ1) is 28.0. The Kier molecular flexibility index (Phi) is 14.7. The van der Waals surface area contributed by atoms with E-state index in [1.807, 2.05) is 18.2 Å². The van der Waals surface area contributed by atoms with E-state index in [0.29, 0.717) is 82.8 Å². The zero-order chi connectivity index (χ0) is 39.4. The fourth-order valence-electron chi connectivity index (χ4n) is 8.47. The Morgan fingerprint density at radius 1 is 0.842 bits per heavy atom. The van der Waals surface area contributed by atoms with Crippen LogP contribution in [0.4, 0.5) is 5.82 Å². The Labute approximate surface area is 332 Å². The van der Waals surface area contributed by atoms with Gasteiger partial charge in [0.15, 0.2) is 0 Å². The van der Waals surface area contributed by atoms with Crippen LogP contribution in [-0.2, 0) is 46.7 Å². The number of carbonyl (C=O) groups is 2. The number of aromatic nitrogens is 5. The van der Waals surface area contributed by atoms with Gasteiger partial charge >= 0.3 is 5.69 Å². The largest absolute Gasteiger partial charge is 0.381 e. The number of aromatic amines is 1. The van der Waals surface area contributed by atoms with Crippen LogP contribution in [-0.4, -0.2) is 121 Å². The Hall–Kier alpha value is -4.19. The minimum absolute atomic E-state index is 0.214. The highest BCUT2D eigenvalue weighted by atomic mass is 16.6. The van der Waals surface area contributed by atoms with Gasteiger partial charge < -0.3 is 39.3 Å². The van der Waals surface area contributed by atoms with Crippen LogP contribution in [0, 0.1) is 0 Å². The van der Waals surface area contributed by atoms with Crippen LogP contribution in [0.2, 0.25) is 0 Å².